The molecule has 5 heteroatoms. The predicted molar refractivity (Wildman–Crippen MR) is 71.7 cm³/mol. The minimum atomic E-state index is -0.429. The van der Waals surface area contributed by atoms with Crippen LogP contribution in [0.15, 0.2) is 46.9 Å². The number of nitrogens with one attached hydrogen (secondary N) is 1. The fraction of sp³-hybridized carbons (Fsp3) is 0.0714. The van der Waals surface area contributed by atoms with Gasteiger partial charge in [-0.3, -0.25) is 4.79 Å². The van der Waals surface area contributed by atoms with Gasteiger partial charge in [-0.1, -0.05) is 12.1 Å². The Hall–Kier alpha value is -1.75. The monoisotopic (exact) mass is 325 g/mol. The zero-order valence-electron chi connectivity index (χ0n) is 9.79. The number of hydrogen-bond donors (Lipinski definition) is 1. The molecule has 98 valence electrons. The van der Waals surface area contributed by atoms with Crippen LogP contribution in [0.25, 0.3) is 0 Å². The zero-order valence-corrected chi connectivity index (χ0v) is 11.4. The van der Waals surface area contributed by atoms with Gasteiger partial charge in [0.15, 0.2) is 0 Å². The quantitative estimate of drug-likeness (QED) is 0.916. The van der Waals surface area contributed by atoms with Crippen LogP contribution in [0.3, 0.4) is 0 Å². The van der Waals surface area contributed by atoms with Crippen molar-refractivity contribution in [3.05, 3.63) is 69.7 Å². The third-order valence-electron chi connectivity index (χ3n) is 2.52. The van der Waals surface area contributed by atoms with Crippen molar-refractivity contribution in [1.29, 1.82) is 0 Å². The van der Waals surface area contributed by atoms with Gasteiger partial charge in [-0.15, -0.1) is 0 Å². The lowest BCUT2D eigenvalue weighted by Gasteiger charge is -2.06. The number of halogens is 3. The first-order valence-electron chi connectivity index (χ1n) is 5.54. The Kier molecular flexibility index (Phi) is 4.27. The topological polar surface area (TPSA) is 29.1 Å². The molecule has 0 saturated carbocycles. The van der Waals surface area contributed by atoms with Gasteiger partial charge >= 0.3 is 0 Å². The Bertz CT molecular complexity index is 616. The molecule has 0 fully saturated rings. The van der Waals surface area contributed by atoms with E-state index in [1.807, 2.05) is 0 Å². The van der Waals surface area contributed by atoms with E-state index in [0.29, 0.717) is 11.1 Å². The molecule has 0 radical (unpaired) electrons. The molecular weight excluding hydrogens is 316 g/mol. The Morgan fingerprint density at radius 3 is 2.63 bits per heavy atom. The fourth-order valence-corrected chi connectivity index (χ4v) is 1.95. The largest absolute Gasteiger partial charge is 0.348 e. The molecule has 0 saturated heterocycles. The van der Waals surface area contributed by atoms with Gasteiger partial charge in [0.1, 0.15) is 11.6 Å². The smallest absolute Gasteiger partial charge is 0.251 e. The van der Waals surface area contributed by atoms with Crippen molar-refractivity contribution in [2.45, 2.75) is 6.54 Å². The molecule has 2 aromatic carbocycles. The second kappa shape index (κ2) is 5.93. The van der Waals surface area contributed by atoms with Crippen LogP contribution in [0.4, 0.5) is 8.78 Å². The molecular formula is C14H10BrF2NO. The number of hydrogen-bond acceptors (Lipinski definition) is 1. The van der Waals surface area contributed by atoms with Gasteiger partial charge < -0.3 is 5.32 Å². The molecule has 0 aliphatic heterocycles. The molecule has 0 aliphatic rings. The van der Waals surface area contributed by atoms with Crippen LogP contribution in [0.2, 0.25) is 0 Å². The van der Waals surface area contributed by atoms with Crippen LogP contribution in [0.5, 0.6) is 0 Å². The van der Waals surface area contributed by atoms with Crippen molar-refractivity contribution in [3.63, 3.8) is 0 Å². The summed E-state index contributed by atoms with van der Waals surface area (Å²) in [5.41, 5.74) is 0.999. The third kappa shape index (κ3) is 3.61. The van der Waals surface area contributed by atoms with Crippen molar-refractivity contribution >= 4 is 21.8 Å². The van der Waals surface area contributed by atoms with Crippen LogP contribution in [-0.4, -0.2) is 5.91 Å². The van der Waals surface area contributed by atoms with E-state index in [1.165, 1.54) is 30.3 Å². The molecule has 2 nitrogen and oxygen atoms in total. The Labute approximate surface area is 117 Å². The van der Waals surface area contributed by atoms with Crippen molar-refractivity contribution in [3.8, 4) is 0 Å². The lowest BCUT2D eigenvalue weighted by Crippen LogP contribution is -2.22. The summed E-state index contributed by atoms with van der Waals surface area (Å²) in [5.74, 6) is -1.12. The highest BCUT2D eigenvalue weighted by Gasteiger charge is 2.08. The first kappa shape index (κ1) is 13.7. The molecule has 0 heterocycles. The SMILES string of the molecule is O=C(NCc1cccc(F)c1)c1ccc(F)c(Br)c1. The summed E-state index contributed by atoms with van der Waals surface area (Å²) in [6, 6.07) is 9.97. The summed E-state index contributed by atoms with van der Waals surface area (Å²) >= 11 is 3.02. The molecule has 0 spiro atoms. The molecule has 19 heavy (non-hydrogen) atoms. The van der Waals surface area contributed by atoms with Gasteiger partial charge in [-0.05, 0) is 51.8 Å². The average molecular weight is 326 g/mol. The Morgan fingerprint density at radius 1 is 1.16 bits per heavy atom. The van der Waals surface area contributed by atoms with E-state index in [0.717, 1.165) is 0 Å². The maximum atomic E-state index is 13.0. The van der Waals surface area contributed by atoms with E-state index in [2.05, 4.69) is 21.2 Å². The lowest BCUT2D eigenvalue weighted by atomic mass is 10.2. The molecule has 0 aromatic heterocycles. The Balaban J connectivity index is 2.03. The predicted octanol–water partition coefficient (Wildman–Crippen LogP) is 3.66. The summed E-state index contributed by atoms with van der Waals surface area (Å²) in [6.07, 6.45) is 0. The van der Waals surface area contributed by atoms with Crippen LogP contribution in [0.1, 0.15) is 15.9 Å². The second-order valence-electron chi connectivity index (χ2n) is 3.94. The van der Waals surface area contributed by atoms with Crippen molar-refractivity contribution in [1.82, 2.24) is 5.32 Å². The maximum absolute atomic E-state index is 13.0. The number of amides is 1. The summed E-state index contributed by atoms with van der Waals surface area (Å²) in [5, 5.41) is 2.64. The van der Waals surface area contributed by atoms with Gasteiger partial charge in [0.25, 0.3) is 5.91 Å². The molecule has 0 aliphatic carbocycles. The average Bonchev–Trinajstić information content (AvgIpc) is 2.39. The van der Waals surface area contributed by atoms with Crippen molar-refractivity contribution in [2.24, 2.45) is 0 Å². The van der Waals surface area contributed by atoms with E-state index >= 15 is 0 Å². The van der Waals surface area contributed by atoms with Gasteiger partial charge in [-0.2, -0.15) is 0 Å². The molecule has 1 amide bonds. The minimum Gasteiger partial charge on any atom is -0.348 e. The summed E-state index contributed by atoms with van der Waals surface area (Å²) in [4.78, 5) is 11.8. The number of carbonyl (C=O) groups is 1. The lowest BCUT2D eigenvalue weighted by molar-refractivity contribution is 0.0950. The van der Waals surface area contributed by atoms with Crippen LogP contribution < -0.4 is 5.32 Å². The summed E-state index contributed by atoms with van der Waals surface area (Å²) in [7, 11) is 0. The second-order valence-corrected chi connectivity index (χ2v) is 4.80. The number of rotatable bonds is 3. The molecule has 0 atom stereocenters. The van der Waals surface area contributed by atoms with E-state index in [4.69, 9.17) is 0 Å². The van der Waals surface area contributed by atoms with Crippen molar-refractivity contribution in [2.75, 3.05) is 0 Å². The highest BCUT2D eigenvalue weighted by molar-refractivity contribution is 9.10. The molecule has 0 bridgehead atoms. The van der Waals surface area contributed by atoms with Crippen LogP contribution in [0, 0.1) is 11.6 Å². The van der Waals surface area contributed by atoms with Crippen LogP contribution in [-0.2, 0) is 6.54 Å². The van der Waals surface area contributed by atoms with Crippen LogP contribution >= 0.6 is 15.9 Å². The third-order valence-corrected chi connectivity index (χ3v) is 3.13. The molecule has 2 rings (SSSR count). The zero-order chi connectivity index (χ0) is 13.8. The summed E-state index contributed by atoms with van der Waals surface area (Å²) in [6.45, 7) is 0.214. The maximum Gasteiger partial charge on any atom is 0.251 e. The van der Waals surface area contributed by atoms with E-state index in [-0.39, 0.29) is 22.7 Å². The van der Waals surface area contributed by atoms with Gasteiger partial charge in [-0.25, -0.2) is 8.78 Å². The molecule has 2 aromatic rings. The van der Waals surface area contributed by atoms with Gasteiger partial charge in [0.2, 0.25) is 0 Å². The molecule has 1 N–H and O–H groups in total. The Morgan fingerprint density at radius 2 is 1.95 bits per heavy atom. The van der Waals surface area contributed by atoms with Gasteiger partial charge in [0, 0.05) is 12.1 Å². The first-order valence-corrected chi connectivity index (χ1v) is 6.33. The standard InChI is InChI=1S/C14H10BrF2NO/c15-12-7-10(4-5-13(12)17)14(19)18-8-9-2-1-3-11(16)6-9/h1-7H,8H2,(H,18,19). The highest BCUT2D eigenvalue weighted by atomic mass is 79.9. The normalized spacial score (nSPS) is 10.3. The van der Waals surface area contributed by atoms with E-state index < -0.39 is 5.82 Å². The van der Waals surface area contributed by atoms with E-state index in [1.54, 1.807) is 12.1 Å². The highest BCUT2D eigenvalue weighted by Crippen LogP contribution is 2.16. The van der Waals surface area contributed by atoms with Gasteiger partial charge in [0.05, 0.1) is 4.47 Å². The molecule has 0 unspecified atom stereocenters. The number of carbonyl (C=O) groups excluding carboxylic acids is 1. The van der Waals surface area contributed by atoms with E-state index in [9.17, 15) is 13.6 Å². The first-order chi connectivity index (χ1) is 9.06. The van der Waals surface area contributed by atoms with Crippen molar-refractivity contribution < 1.29 is 13.6 Å². The fourth-order valence-electron chi connectivity index (χ4n) is 1.57. The summed E-state index contributed by atoms with van der Waals surface area (Å²) < 4.78 is 26.2. The minimum absolute atomic E-state index is 0.214. The number of benzene rings is 2.